The molecule has 7 heteroatoms. The maximum Gasteiger partial charge on any atom is 0.220 e. The van der Waals surface area contributed by atoms with Gasteiger partial charge in [0.15, 0.2) is 0 Å². The van der Waals surface area contributed by atoms with Crippen LogP contribution in [0.5, 0.6) is 0 Å². The lowest BCUT2D eigenvalue weighted by Gasteiger charge is -2.27. The lowest BCUT2D eigenvalue weighted by Crippen LogP contribution is -2.39. The molecule has 2 rings (SSSR count). The first-order chi connectivity index (χ1) is 12.1. The first kappa shape index (κ1) is 18.9. The van der Waals surface area contributed by atoms with Crippen LogP contribution in [0.2, 0.25) is 0 Å². The molecule has 0 saturated heterocycles. The molecule has 4 N–H and O–H groups in total. The van der Waals surface area contributed by atoms with Crippen LogP contribution in [0.3, 0.4) is 0 Å². The van der Waals surface area contributed by atoms with Crippen molar-refractivity contribution < 1.29 is 14.4 Å². The molecule has 1 aromatic carbocycles. The Morgan fingerprint density at radius 2 is 1.72 bits per heavy atom. The standard InChI is InChI=1S/C18H26N4O3/c1-13(23)19-10-11-21-17(24)6-7-18(25)22-12-16-15-5-3-2-4-14(15)8-9-20-16/h2-5,16,20H,6-12H2,1H3,(H,19,23)(H,21,24)(H,22,25). The SMILES string of the molecule is CC(=O)NCCNC(=O)CCC(=O)NCC1NCCc2ccccc21. The molecule has 1 aliphatic heterocycles. The zero-order valence-electron chi connectivity index (χ0n) is 14.6. The van der Waals surface area contributed by atoms with Gasteiger partial charge in [-0.3, -0.25) is 14.4 Å². The first-order valence-electron chi connectivity index (χ1n) is 8.65. The number of carbonyl (C=O) groups excluding carboxylic acids is 3. The van der Waals surface area contributed by atoms with E-state index in [9.17, 15) is 14.4 Å². The summed E-state index contributed by atoms with van der Waals surface area (Å²) in [5.41, 5.74) is 2.55. The van der Waals surface area contributed by atoms with Crippen molar-refractivity contribution in [2.24, 2.45) is 0 Å². The van der Waals surface area contributed by atoms with E-state index < -0.39 is 0 Å². The average molecular weight is 346 g/mol. The predicted octanol–water partition coefficient (Wildman–Crippen LogP) is 0.0221. The Hall–Kier alpha value is -2.41. The van der Waals surface area contributed by atoms with Crippen LogP contribution in [0.15, 0.2) is 24.3 Å². The van der Waals surface area contributed by atoms with Gasteiger partial charge >= 0.3 is 0 Å². The summed E-state index contributed by atoms with van der Waals surface area (Å²) >= 11 is 0. The highest BCUT2D eigenvalue weighted by Crippen LogP contribution is 2.21. The van der Waals surface area contributed by atoms with Crippen LogP contribution in [0.1, 0.15) is 36.9 Å². The van der Waals surface area contributed by atoms with E-state index in [2.05, 4.69) is 33.4 Å². The van der Waals surface area contributed by atoms with Crippen LogP contribution in [0.4, 0.5) is 0 Å². The monoisotopic (exact) mass is 346 g/mol. The summed E-state index contributed by atoms with van der Waals surface area (Å²) in [7, 11) is 0. The van der Waals surface area contributed by atoms with Crippen LogP contribution in [0.25, 0.3) is 0 Å². The maximum atomic E-state index is 11.9. The largest absolute Gasteiger partial charge is 0.355 e. The number of hydrogen-bond donors (Lipinski definition) is 4. The Kier molecular flexibility index (Phi) is 7.40. The summed E-state index contributed by atoms with van der Waals surface area (Å²) in [5.74, 6) is -0.463. The number of amides is 3. The van der Waals surface area contributed by atoms with Gasteiger partial charge in [0.2, 0.25) is 17.7 Å². The molecule has 3 amide bonds. The molecule has 1 unspecified atom stereocenters. The third kappa shape index (κ3) is 6.54. The lowest BCUT2D eigenvalue weighted by atomic mass is 9.94. The summed E-state index contributed by atoms with van der Waals surface area (Å²) in [6, 6.07) is 8.35. The smallest absolute Gasteiger partial charge is 0.220 e. The molecule has 0 bridgehead atoms. The zero-order chi connectivity index (χ0) is 18.1. The molecule has 1 heterocycles. The number of fused-ring (bicyclic) bond motifs is 1. The van der Waals surface area contributed by atoms with E-state index in [0.717, 1.165) is 13.0 Å². The summed E-state index contributed by atoms with van der Waals surface area (Å²) in [6.45, 7) is 3.59. The van der Waals surface area contributed by atoms with Crippen molar-refractivity contribution in [3.8, 4) is 0 Å². The fourth-order valence-electron chi connectivity index (χ4n) is 2.84. The summed E-state index contributed by atoms with van der Waals surface area (Å²) < 4.78 is 0. The topological polar surface area (TPSA) is 99.3 Å². The molecule has 1 aliphatic rings. The Bertz CT molecular complexity index is 618. The normalized spacial score (nSPS) is 15.8. The molecule has 0 aliphatic carbocycles. The third-order valence-electron chi connectivity index (χ3n) is 4.12. The van der Waals surface area contributed by atoms with Crippen LogP contribution < -0.4 is 21.3 Å². The van der Waals surface area contributed by atoms with E-state index in [1.54, 1.807) is 0 Å². The highest BCUT2D eigenvalue weighted by Gasteiger charge is 2.19. The Morgan fingerprint density at radius 1 is 1.04 bits per heavy atom. The van der Waals surface area contributed by atoms with Crippen molar-refractivity contribution >= 4 is 17.7 Å². The van der Waals surface area contributed by atoms with E-state index in [1.165, 1.54) is 18.1 Å². The van der Waals surface area contributed by atoms with Crippen LogP contribution >= 0.6 is 0 Å². The summed E-state index contributed by atoms with van der Waals surface area (Å²) in [5, 5.41) is 11.6. The highest BCUT2D eigenvalue weighted by molar-refractivity contribution is 5.83. The van der Waals surface area contributed by atoms with Crippen molar-refractivity contribution in [1.82, 2.24) is 21.3 Å². The minimum Gasteiger partial charge on any atom is -0.355 e. The highest BCUT2D eigenvalue weighted by atomic mass is 16.2. The van der Waals surface area contributed by atoms with Crippen LogP contribution in [-0.4, -0.2) is 43.9 Å². The van der Waals surface area contributed by atoms with Gasteiger partial charge in [-0.2, -0.15) is 0 Å². The van der Waals surface area contributed by atoms with E-state index in [-0.39, 0.29) is 36.6 Å². The van der Waals surface area contributed by atoms with Crippen LogP contribution in [-0.2, 0) is 20.8 Å². The molecule has 25 heavy (non-hydrogen) atoms. The van der Waals surface area contributed by atoms with Crippen molar-refractivity contribution in [3.05, 3.63) is 35.4 Å². The second kappa shape index (κ2) is 9.78. The number of rotatable bonds is 8. The minimum absolute atomic E-state index is 0.111. The number of nitrogens with one attached hydrogen (secondary N) is 4. The van der Waals surface area contributed by atoms with Crippen molar-refractivity contribution in [3.63, 3.8) is 0 Å². The molecule has 7 nitrogen and oxygen atoms in total. The van der Waals surface area contributed by atoms with Crippen molar-refractivity contribution in [1.29, 1.82) is 0 Å². The first-order valence-corrected chi connectivity index (χ1v) is 8.65. The molecular weight excluding hydrogens is 320 g/mol. The number of carbonyl (C=O) groups is 3. The van der Waals surface area contributed by atoms with Gasteiger partial charge in [0, 0.05) is 45.4 Å². The average Bonchev–Trinajstić information content (AvgIpc) is 2.61. The van der Waals surface area contributed by atoms with Gasteiger partial charge < -0.3 is 21.3 Å². The van der Waals surface area contributed by atoms with E-state index >= 15 is 0 Å². The molecular formula is C18H26N4O3. The van der Waals surface area contributed by atoms with Gasteiger partial charge in [-0.05, 0) is 24.1 Å². The molecule has 0 radical (unpaired) electrons. The van der Waals surface area contributed by atoms with Gasteiger partial charge in [-0.15, -0.1) is 0 Å². The molecule has 136 valence electrons. The lowest BCUT2D eigenvalue weighted by molar-refractivity contribution is -0.126. The van der Waals surface area contributed by atoms with Crippen molar-refractivity contribution in [2.45, 2.75) is 32.2 Å². The second-order valence-electron chi connectivity index (χ2n) is 6.09. The Labute approximate surface area is 147 Å². The van der Waals surface area contributed by atoms with Crippen molar-refractivity contribution in [2.75, 3.05) is 26.2 Å². The van der Waals surface area contributed by atoms with Crippen LogP contribution in [0, 0.1) is 0 Å². The maximum absolute atomic E-state index is 11.9. The molecule has 0 aromatic heterocycles. The molecule has 0 fully saturated rings. The second-order valence-corrected chi connectivity index (χ2v) is 6.09. The molecule has 0 saturated carbocycles. The quantitative estimate of drug-likeness (QED) is 0.499. The van der Waals surface area contributed by atoms with Gasteiger partial charge in [-0.1, -0.05) is 24.3 Å². The van der Waals surface area contributed by atoms with Gasteiger partial charge in [-0.25, -0.2) is 0 Å². The van der Waals surface area contributed by atoms with Gasteiger partial charge in [0.25, 0.3) is 0 Å². The molecule has 1 atom stereocenters. The molecule has 0 spiro atoms. The van der Waals surface area contributed by atoms with E-state index in [4.69, 9.17) is 0 Å². The minimum atomic E-state index is -0.193. The van der Waals surface area contributed by atoms with Gasteiger partial charge in [0.05, 0.1) is 0 Å². The molecule has 1 aromatic rings. The summed E-state index contributed by atoms with van der Waals surface area (Å²) in [6.07, 6.45) is 1.29. The fourth-order valence-corrected chi connectivity index (χ4v) is 2.84. The van der Waals surface area contributed by atoms with Gasteiger partial charge in [0.1, 0.15) is 0 Å². The van der Waals surface area contributed by atoms with E-state index in [1.807, 2.05) is 12.1 Å². The van der Waals surface area contributed by atoms with E-state index in [0.29, 0.717) is 19.6 Å². The number of benzene rings is 1. The predicted molar refractivity (Wildman–Crippen MR) is 94.8 cm³/mol. The number of hydrogen-bond acceptors (Lipinski definition) is 4. The zero-order valence-corrected chi connectivity index (χ0v) is 14.6. The fraction of sp³-hybridized carbons (Fsp3) is 0.500. The Balaban J connectivity index is 1.64. The third-order valence-corrected chi connectivity index (χ3v) is 4.12. The Morgan fingerprint density at radius 3 is 2.48 bits per heavy atom. The summed E-state index contributed by atoms with van der Waals surface area (Å²) in [4.78, 5) is 34.3.